The molecule has 3 amide bonds. The molecule has 3 aliphatic rings. The summed E-state index contributed by atoms with van der Waals surface area (Å²) in [6.07, 6.45) is 13.1. The van der Waals surface area contributed by atoms with Gasteiger partial charge >= 0.3 is 0 Å². The van der Waals surface area contributed by atoms with Crippen molar-refractivity contribution in [3.63, 3.8) is 0 Å². The van der Waals surface area contributed by atoms with Gasteiger partial charge in [0.15, 0.2) is 0 Å². The zero-order valence-corrected chi connectivity index (χ0v) is 16.2. The molecule has 27 heavy (non-hydrogen) atoms. The lowest BCUT2D eigenvalue weighted by atomic mass is 9.84. The highest BCUT2D eigenvalue weighted by molar-refractivity contribution is 5.87. The van der Waals surface area contributed by atoms with Crippen LogP contribution in [0.1, 0.15) is 57.8 Å². The minimum Gasteiger partial charge on any atom is -0.341 e. The molecule has 0 aromatic carbocycles. The molecule has 1 atom stereocenters. The van der Waals surface area contributed by atoms with E-state index in [9.17, 15) is 14.4 Å². The molecule has 0 bridgehead atoms. The summed E-state index contributed by atoms with van der Waals surface area (Å²) < 4.78 is 0. The molecule has 2 heterocycles. The normalized spacial score (nSPS) is 23.7. The fourth-order valence-corrected chi connectivity index (χ4v) is 4.27. The summed E-state index contributed by atoms with van der Waals surface area (Å²) in [6.45, 7) is 2.81. The van der Waals surface area contributed by atoms with Gasteiger partial charge in [-0.15, -0.1) is 12.3 Å². The molecule has 0 aromatic heterocycles. The average Bonchev–Trinajstić information content (AvgIpc) is 2.63. The Bertz CT molecular complexity index is 608. The monoisotopic (exact) mass is 373 g/mol. The Morgan fingerprint density at radius 2 is 1.85 bits per heavy atom. The fourth-order valence-electron chi connectivity index (χ4n) is 4.27. The number of hydrogen-bond acceptors (Lipinski definition) is 3. The first-order valence-corrected chi connectivity index (χ1v) is 10.4. The van der Waals surface area contributed by atoms with Crippen LogP contribution in [-0.4, -0.2) is 71.2 Å². The van der Waals surface area contributed by atoms with Crippen molar-refractivity contribution in [1.82, 2.24) is 14.7 Å². The fraction of sp³-hybridized carbons (Fsp3) is 0.762. The number of terminal acetylenes is 1. The van der Waals surface area contributed by atoms with Crippen LogP contribution in [0.25, 0.3) is 0 Å². The molecule has 148 valence electrons. The Hall–Kier alpha value is -2.03. The van der Waals surface area contributed by atoms with Gasteiger partial charge < -0.3 is 14.7 Å². The first kappa shape index (κ1) is 19.7. The van der Waals surface area contributed by atoms with Crippen LogP contribution >= 0.6 is 0 Å². The van der Waals surface area contributed by atoms with Gasteiger partial charge in [0, 0.05) is 51.0 Å². The topological polar surface area (TPSA) is 60.9 Å². The number of carbonyl (C=O) groups is 3. The molecule has 1 unspecified atom stereocenters. The quantitative estimate of drug-likeness (QED) is 0.525. The van der Waals surface area contributed by atoms with Gasteiger partial charge in [-0.3, -0.25) is 14.4 Å². The molecular formula is C21H31N3O3. The average molecular weight is 373 g/mol. The predicted octanol–water partition coefficient (Wildman–Crippen LogP) is 1.64. The van der Waals surface area contributed by atoms with E-state index in [1.807, 2.05) is 9.80 Å². The van der Waals surface area contributed by atoms with Crippen molar-refractivity contribution in [3.8, 4) is 12.3 Å². The molecule has 1 saturated carbocycles. The molecule has 0 aromatic rings. The van der Waals surface area contributed by atoms with E-state index < -0.39 is 0 Å². The zero-order valence-electron chi connectivity index (χ0n) is 16.2. The third-order valence-corrected chi connectivity index (χ3v) is 6.18. The molecule has 0 spiro atoms. The summed E-state index contributed by atoms with van der Waals surface area (Å²) in [5.74, 6) is 3.10. The van der Waals surface area contributed by atoms with Crippen molar-refractivity contribution in [1.29, 1.82) is 0 Å². The SMILES string of the molecule is C#CCCCCC(=O)N1CCCC(N2CCN(C(=O)C3CCC3)CC2=O)C1. The summed E-state index contributed by atoms with van der Waals surface area (Å²) >= 11 is 0. The van der Waals surface area contributed by atoms with Gasteiger partial charge in [-0.05, 0) is 38.5 Å². The molecule has 0 N–H and O–H groups in total. The van der Waals surface area contributed by atoms with Gasteiger partial charge in [-0.25, -0.2) is 0 Å². The van der Waals surface area contributed by atoms with E-state index in [0.717, 1.165) is 51.5 Å². The van der Waals surface area contributed by atoms with Gasteiger partial charge in [0.05, 0.1) is 6.54 Å². The lowest BCUT2D eigenvalue weighted by molar-refractivity contribution is -0.152. The zero-order chi connectivity index (χ0) is 19.2. The number of nitrogens with zero attached hydrogens (tertiary/aromatic N) is 3. The Balaban J connectivity index is 1.48. The number of amides is 3. The van der Waals surface area contributed by atoms with E-state index in [1.165, 1.54) is 0 Å². The minimum atomic E-state index is 0.0299. The Labute approximate surface area is 162 Å². The van der Waals surface area contributed by atoms with Gasteiger partial charge in [0.25, 0.3) is 0 Å². The lowest BCUT2D eigenvalue weighted by Gasteiger charge is -2.44. The Morgan fingerprint density at radius 1 is 1.04 bits per heavy atom. The van der Waals surface area contributed by atoms with E-state index in [-0.39, 0.29) is 36.2 Å². The van der Waals surface area contributed by atoms with E-state index >= 15 is 0 Å². The molecule has 3 fully saturated rings. The van der Waals surface area contributed by atoms with Gasteiger partial charge in [-0.1, -0.05) is 6.42 Å². The third-order valence-electron chi connectivity index (χ3n) is 6.18. The van der Waals surface area contributed by atoms with Crippen molar-refractivity contribution in [2.75, 3.05) is 32.7 Å². The Morgan fingerprint density at radius 3 is 2.52 bits per heavy atom. The summed E-state index contributed by atoms with van der Waals surface area (Å²) in [5.41, 5.74) is 0. The second-order valence-electron chi connectivity index (χ2n) is 8.02. The van der Waals surface area contributed by atoms with Crippen LogP contribution in [-0.2, 0) is 14.4 Å². The maximum Gasteiger partial charge on any atom is 0.242 e. The molecule has 0 radical (unpaired) electrons. The highest BCUT2D eigenvalue weighted by atomic mass is 16.2. The predicted molar refractivity (Wildman–Crippen MR) is 103 cm³/mol. The Kier molecular flexibility index (Phi) is 6.76. The number of rotatable bonds is 6. The molecular weight excluding hydrogens is 342 g/mol. The van der Waals surface area contributed by atoms with Crippen LogP contribution in [0, 0.1) is 18.3 Å². The number of hydrogen-bond donors (Lipinski definition) is 0. The second kappa shape index (κ2) is 9.25. The molecule has 2 saturated heterocycles. The summed E-state index contributed by atoms with van der Waals surface area (Å²) in [7, 11) is 0. The van der Waals surface area contributed by atoms with Crippen molar-refractivity contribution < 1.29 is 14.4 Å². The minimum absolute atomic E-state index is 0.0299. The van der Waals surface area contributed by atoms with Gasteiger partial charge in [0.2, 0.25) is 17.7 Å². The van der Waals surface area contributed by atoms with E-state index in [1.54, 1.807) is 4.90 Å². The van der Waals surface area contributed by atoms with Crippen LogP contribution in [0.4, 0.5) is 0 Å². The van der Waals surface area contributed by atoms with Crippen LogP contribution in [0.15, 0.2) is 0 Å². The van der Waals surface area contributed by atoms with E-state index in [2.05, 4.69) is 5.92 Å². The van der Waals surface area contributed by atoms with E-state index in [0.29, 0.717) is 32.5 Å². The maximum absolute atomic E-state index is 12.7. The molecule has 1 aliphatic carbocycles. The highest BCUT2D eigenvalue weighted by Gasteiger charge is 2.37. The number of carbonyl (C=O) groups excluding carboxylic acids is 3. The van der Waals surface area contributed by atoms with Crippen LogP contribution in [0.3, 0.4) is 0 Å². The number of piperazine rings is 1. The van der Waals surface area contributed by atoms with Crippen LogP contribution in [0.2, 0.25) is 0 Å². The standard InChI is InChI=1S/C21H31N3O3/c1-2-3-4-5-11-19(25)22-12-7-10-18(15-22)24-14-13-23(16-20(24)26)21(27)17-8-6-9-17/h1,17-18H,3-16H2. The van der Waals surface area contributed by atoms with Crippen molar-refractivity contribution in [2.45, 2.75) is 63.8 Å². The summed E-state index contributed by atoms with van der Waals surface area (Å²) in [6, 6.07) is 0.0851. The van der Waals surface area contributed by atoms with Crippen LogP contribution in [0.5, 0.6) is 0 Å². The van der Waals surface area contributed by atoms with Gasteiger partial charge in [-0.2, -0.15) is 0 Å². The largest absolute Gasteiger partial charge is 0.341 e. The molecule has 6 nitrogen and oxygen atoms in total. The van der Waals surface area contributed by atoms with Crippen molar-refractivity contribution >= 4 is 17.7 Å². The molecule has 2 aliphatic heterocycles. The number of piperidine rings is 1. The highest BCUT2D eigenvalue weighted by Crippen LogP contribution is 2.29. The smallest absolute Gasteiger partial charge is 0.242 e. The summed E-state index contributed by atoms with van der Waals surface area (Å²) in [4.78, 5) is 43.0. The van der Waals surface area contributed by atoms with E-state index in [4.69, 9.17) is 6.42 Å². The first-order valence-electron chi connectivity index (χ1n) is 10.4. The summed E-state index contributed by atoms with van der Waals surface area (Å²) in [5, 5.41) is 0. The number of unbranched alkanes of at least 4 members (excludes halogenated alkanes) is 2. The van der Waals surface area contributed by atoms with Crippen molar-refractivity contribution in [2.24, 2.45) is 5.92 Å². The lowest BCUT2D eigenvalue weighted by Crippen LogP contribution is -2.60. The second-order valence-corrected chi connectivity index (χ2v) is 8.02. The van der Waals surface area contributed by atoms with Crippen LogP contribution < -0.4 is 0 Å². The first-order chi connectivity index (χ1) is 13.1. The van der Waals surface area contributed by atoms with Gasteiger partial charge in [0.1, 0.15) is 0 Å². The third kappa shape index (κ3) is 4.82. The van der Waals surface area contributed by atoms with Crippen molar-refractivity contribution in [3.05, 3.63) is 0 Å². The molecule has 6 heteroatoms. The number of likely N-dealkylation sites (tertiary alicyclic amines) is 1. The maximum atomic E-state index is 12.7. The molecule has 3 rings (SSSR count).